The molecule has 3 rings (SSSR count). The van der Waals surface area contributed by atoms with Gasteiger partial charge in [-0.2, -0.15) is 0 Å². The molecule has 0 aliphatic carbocycles. The van der Waals surface area contributed by atoms with Crippen LogP contribution in [0.25, 0.3) is 0 Å². The van der Waals surface area contributed by atoms with Gasteiger partial charge in [0, 0.05) is 39.6 Å². The molecule has 3 heterocycles. The summed E-state index contributed by atoms with van der Waals surface area (Å²) in [5.41, 5.74) is -0.683. The van der Waals surface area contributed by atoms with Gasteiger partial charge < -0.3 is 19.4 Å². The molecule has 1 aliphatic heterocycles. The Kier molecular flexibility index (Phi) is 5.77. The molecule has 0 unspecified atom stereocenters. The SMILES string of the molecule is Cn1cc(C(=O)N2CCCCCC2)cc(NC(=O)c2cccn(C)c2=O)c1=O. The van der Waals surface area contributed by atoms with Crippen molar-refractivity contribution in [3.05, 3.63) is 62.4 Å². The molecule has 0 bridgehead atoms. The lowest BCUT2D eigenvalue weighted by Crippen LogP contribution is -2.34. The standard InChI is InChI=1S/C20H24N4O4/c1-22-9-7-8-15(19(22)27)17(25)21-16-12-14(13-23(2)20(16)28)18(26)24-10-5-3-4-6-11-24/h7-9,12-13H,3-6,10-11H2,1-2H3,(H,21,25). The first-order valence-corrected chi connectivity index (χ1v) is 9.35. The van der Waals surface area contributed by atoms with Crippen LogP contribution in [0.3, 0.4) is 0 Å². The van der Waals surface area contributed by atoms with E-state index in [-0.39, 0.29) is 17.2 Å². The second-order valence-electron chi connectivity index (χ2n) is 7.06. The smallest absolute Gasteiger partial charge is 0.274 e. The van der Waals surface area contributed by atoms with E-state index in [2.05, 4.69) is 5.32 Å². The van der Waals surface area contributed by atoms with Crippen molar-refractivity contribution in [1.82, 2.24) is 14.0 Å². The molecule has 28 heavy (non-hydrogen) atoms. The molecule has 2 aromatic rings. The average Bonchev–Trinajstić information content (AvgIpc) is 2.96. The highest BCUT2D eigenvalue weighted by Crippen LogP contribution is 2.15. The highest BCUT2D eigenvalue weighted by Gasteiger charge is 2.20. The lowest BCUT2D eigenvalue weighted by atomic mass is 10.2. The van der Waals surface area contributed by atoms with Crippen molar-refractivity contribution in [3.63, 3.8) is 0 Å². The number of aryl methyl sites for hydroxylation is 2. The number of carbonyl (C=O) groups excluding carboxylic acids is 2. The number of pyridine rings is 2. The number of anilines is 1. The number of hydrogen-bond acceptors (Lipinski definition) is 4. The third-order valence-electron chi connectivity index (χ3n) is 4.94. The molecule has 0 saturated carbocycles. The molecule has 0 atom stereocenters. The zero-order valence-corrected chi connectivity index (χ0v) is 16.1. The first-order valence-electron chi connectivity index (χ1n) is 9.35. The lowest BCUT2D eigenvalue weighted by molar-refractivity contribution is 0.0760. The number of nitrogens with one attached hydrogen (secondary N) is 1. The van der Waals surface area contributed by atoms with Crippen LogP contribution in [-0.2, 0) is 14.1 Å². The molecule has 0 radical (unpaired) electrons. The average molecular weight is 384 g/mol. The van der Waals surface area contributed by atoms with Crippen molar-refractivity contribution in [1.29, 1.82) is 0 Å². The summed E-state index contributed by atoms with van der Waals surface area (Å²) < 4.78 is 2.55. The van der Waals surface area contributed by atoms with Crippen molar-refractivity contribution >= 4 is 17.5 Å². The molecule has 1 fully saturated rings. The van der Waals surface area contributed by atoms with Crippen molar-refractivity contribution < 1.29 is 9.59 Å². The van der Waals surface area contributed by atoms with E-state index in [4.69, 9.17) is 0 Å². The van der Waals surface area contributed by atoms with Gasteiger partial charge in [0.25, 0.3) is 22.9 Å². The van der Waals surface area contributed by atoms with E-state index < -0.39 is 17.0 Å². The van der Waals surface area contributed by atoms with Crippen LogP contribution in [0.2, 0.25) is 0 Å². The van der Waals surface area contributed by atoms with Crippen molar-refractivity contribution in [2.24, 2.45) is 14.1 Å². The van der Waals surface area contributed by atoms with Crippen LogP contribution in [0.4, 0.5) is 5.69 Å². The first kappa shape index (κ1) is 19.6. The van der Waals surface area contributed by atoms with Crippen LogP contribution in [0.15, 0.2) is 40.2 Å². The monoisotopic (exact) mass is 384 g/mol. The quantitative estimate of drug-likeness (QED) is 0.865. The van der Waals surface area contributed by atoms with Gasteiger partial charge in [0.2, 0.25) is 0 Å². The Morgan fingerprint density at radius 2 is 1.64 bits per heavy atom. The summed E-state index contributed by atoms with van der Waals surface area (Å²) in [7, 11) is 3.07. The van der Waals surface area contributed by atoms with Gasteiger partial charge in [-0.3, -0.25) is 19.2 Å². The molecular weight excluding hydrogens is 360 g/mol. The Labute approximate surface area is 162 Å². The molecule has 8 heteroatoms. The lowest BCUT2D eigenvalue weighted by Gasteiger charge is -2.21. The van der Waals surface area contributed by atoms with E-state index in [0.717, 1.165) is 25.7 Å². The van der Waals surface area contributed by atoms with Gasteiger partial charge in [-0.1, -0.05) is 12.8 Å². The van der Waals surface area contributed by atoms with Gasteiger partial charge in [-0.05, 0) is 31.0 Å². The number of rotatable bonds is 3. The first-order chi connectivity index (χ1) is 13.4. The largest absolute Gasteiger partial charge is 0.339 e. The van der Waals surface area contributed by atoms with Gasteiger partial charge in [-0.25, -0.2) is 0 Å². The molecule has 8 nitrogen and oxygen atoms in total. The maximum atomic E-state index is 12.9. The molecule has 1 aliphatic rings. The third kappa shape index (κ3) is 4.05. The molecule has 1 saturated heterocycles. The number of carbonyl (C=O) groups is 2. The third-order valence-corrected chi connectivity index (χ3v) is 4.94. The molecule has 0 aromatic carbocycles. The summed E-state index contributed by atoms with van der Waals surface area (Å²) in [5, 5.41) is 2.49. The molecule has 0 spiro atoms. The minimum Gasteiger partial charge on any atom is -0.339 e. The molecular formula is C20H24N4O4. The summed E-state index contributed by atoms with van der Waals surface area (Å²) in [6, 6.07) is 4.36. The zero-order chi connectivity index (χ0) is 20.3. The van der Waals surface area contributed by atoms with Crippen molar-refractivity contribution in [3.8, 4) is 0 Å². The Morgan fingerprint density at radius 3 is 2.32 bits per heavy atom. The van der Waals surface area contributed by atoms with Crippen LogP contribution >= 0.6 is 0 Å². The summed E-state index contributed by atoms with van der Waals surface area (Å²) in [6.45, 7) is 1.37. The van der Waals surface area contributed by atoms with Crippen LogP contribution < -0.4 is 16.4 Å². The van der Waals surface area contributed by atoms with E-state index in [1.807, 2.05) is 0 Å². The highest BCUT2D eigenvalue weighted by molar-refractivity contribution is 6.04. The molecule has 2 aromatic heterocycles. The number of amides is 2. The Bertz CT molecular complexity index is 1010. The van der Waals surface area contributed by atoms with Gasteiger partial charge in [0.15, 0.2) is 0 Å². The Morgan fingerprint density at radius 1 is 0.964 bits per heavy atom. The van der Waals surface area contributed by atoms with Crippen molar-refractivity contribution in [2.75, 3.05) is 18.4 Å². The van der Waals surface area contributed by atoms with Crippen LogP contribution in [0, 0.1) is 0 Å². The maximum absolute atomic E-state index is 12.9. The summed E-state index contributed by atoms with van der Waals surface area (Å²) in [5.74, 6) is -0.846. The molecule has 148 valence electrons. The Hall–Kier alpha value is -3.16. The second-order valence-corrected chi connectivity index (χ2v) is 7.06. The normalized spacial score (nSPS) is 14.4. The van der Waals surface area contributed by atoms with Crippen LogP contribution in [0.1, 0.15) is 46.4 Å². The van der Waals surface area contributed by atoms with E-state index in [0.29, 0.717) is 18.7 Å². The number of hydrogen-bond donors (Lipinski definition) is 1. The van der Waals surface area contributed by atoms with Gasteiger partial charge >= 0.3 is 0 Å². The van der Waals surface area contributed by atoms with Crippen LogP contribution in [-0.4, -0.2) is 38.9 Å². The second kappa shape index (κ2) is 8.24. The van der Waals surface area contributed by atoms with E-state index >= 15 is 0 Å². The fourth-order valence-corrected chi connectivity index (χ4v) is 3.33. The number of nitrogens with zero attached hydrogens (tertiary/aromatic N) is 3. The van der Waals surface area contributed by atoms with E-state index in [1.54, 1.807) is 24.2 Å². The topological polar surface area (TPSA) is 93.4 Å². The van der Waals surface area contributed by atoms with E-state index in [9.17, 15) is 19.2 Å². The maximum Gasteiger partial charge on any atom is 0.274 e. The van der Waals surface area contributed by atoms with Gasteiger partial charge in [0.1, 0.15) is 11.3 Å². The highest BCUT2D eigenvalue weighted by atomic mass is 16.2. The number of aromatic nitrogens is 2. The Balaban J connectivity index is 1.90. The van der Waals surface area contributed by atoms with Crippen molar-refractivity contribution in [2.45, 2.75) is 25.7 Å². The fourth-order valence-electron chi connectivity index (χ4n) is 3.33. The van der Waals surface area contributed by atoms with Gasteiger partial charge in [0.05, 0.1) is 5.56 Å². The fraction of sp³-hybridized carbons (Fsp3) is 0.400. The van der Waals surface area contributed by atoms with Gasteiger partial charge in [-0.15, -0.1) is 0 Å². The minimum atomic E-state index is -0.683. The minimum absolute atomic E-state index is 0.0286. The number of likely N-dealkylation sites (tertiary alicyclic amines) is 1. The molecule has 2 amide bonds. The van der Waals surface area contributed by atoms with E-state index in [1.165, 1.54) is 34.5 Å². The summed E-state index contributed by atoms with van der Waals surface area (Å²) in [6.07, 6.45) is 7.14. The molecule has 1 N–H and O–H groups in total. The summed E-state index contributed by atoms with van der Waals surface area (Å²) in [4.78, 5) is 51.7. The zero-order valence-electron chi connectivity index (χ0n) is 16.1. The van der Waals surface area contributed by atoms with Crippen LogP contribution in [0.5, 0.6) is 0 Å². The predicted octanol–water partition coefficient (Wildman–Crippen LogP) is 1.35. The predicted molar refractivity (Wildman–Crippen MR) is 106 cm³/mol. The summed E-state index contributed by atoms with van der Waals surface area (Å²) >= 11 is 0.